The van der Waals surface area contributed by atoms with Crippen molar-refractivity contribution in [2.45, 2.75) is 11.2 Å². The first kappa shape index (κ1) is 13.2. The second kappa shape index (κ2) is 6.01. The lowest BCUT2D eigenvalue weighted by atomic mass is 10.1. The Morgan fingerprint density at radius 2 is 2.13 bits per heavy atom. The Morgan fingerprint density at radius 1 is 1.47 bits per heavy atom. The van der Waals surface area contributed by atoms with Gasteiger partial charge in [-0.2, -0.15) is 0 Å². The van der Waals surface area contributed by atoms with Crippen molar-refractivity contribution in [1.29, 1.82) is 0 Å². The van der Waals surface area contributed by atoms with Gasteiger partial charge in [0.2, 0.25) is 0 Å². The number of rotatable bonds is 3. The molecule has 1 atom stereocenters. The molecular weight excluding hydrogens is 392 g/mol. The maximum atomic E-state index is 11.2. The first-order valence-corrected chi connectivity index (χ1v) is 6.70. The van der Waals surface area contributed by atoms with Crippen molar-refractivity contribution in [2.75, 3.05) is 7.11 Å². The summed E-state index contributed by atoms with van der Waals surface area (Å²) in [6, 6.07) is 5.85. The Balaban J connectivity index is 2.80. The van der Waals surface area contributed by atoms with Crippen molar-refractivity contribution in [1.82, 2.24) is 0 Å². The summed E-state index contributed by atoms with van der Waals surface area (Å²) < 4.78 is 6.62. The van der Waals surface area contributed by atoms with Gasteiger partial charge >= 0.3 is 5.97 Å². The first-order valence-electron chi connectivity index (χ1n) is 4.20. The van der Waals surface area contributed by atoms with E-state index >= 15 is 0 Å². The molecule has 1 aromatic carbocycles. The summed E-state index contributed by atoms with van der Waals surface area (Å²) in [6.45, 7) is 0. The van der Waals surface area contributed by atoms with E-state index in [2.05, 4.69) is 52.5 Å². The van der Waals surface area contributed by atoms with Crippen LogP contribution in [-0.4, -0.2) is 17.9 Å². The van der Waals surface area contributed by atoms with Crippen LogP contribution in [0.1, 0.15) is 5.56 Å². The third kappa shape index (κ3) is 3.89. The molecule has 0 aliphatic carbocycles. The van der Waals surface area contributed by atoms with Crippen molar-refractivity contribution >= 4 is 53.8 Å². The zero-order valence-corrected chi connectivity index (χ0v) is 12.7. The van der Waals surface area contributed by atoms with Crippen molar-refractivity contribution in [3.8, 4) is 0 Å². The van der Waals surface area contributed by atoms with Crippen molar-refractivity contribution in [3.05, 3.63) is 32.7 Å². The van der Waals surface area contributed by atoms with Crippen molar-refractivity contribution < 1.29 is 9.53 Å². The maximum absolute atomic E-state index is 11.2. The lowest BCUT2D eigenvalue weighted by molar-refractivity contribution is -0.139. The largest absolute Gasteiger partial charge is 0.468 e. The van der Waals surface area contributed by atoms with Crippen molar-refractivity contribution in [3.63, 3.8) is 0 Å². The molecular formula is C10H9Br3O2. The number of halogens is 3. The molecule has 2 nitrogen and oxygen atoms in total. The van der Waals surface area contributed by atoms with Crippen LogP contribution in [0.3, 0.4) is 0 Å². The van der Waals surface area contributed by atoms with E-state index in [1.165, 1.54) is 7.11 Å². The predicted molar refractivity (Wildman–Crippen MR) is 70.3 cm³/mol. The van der Waals surface area contributed by atoms with Gasteiger partial charge in [0.1, 0.15) is 4.83 Å². The smallest absolute Gasteiger partial charge is 0.319 e. The highest BCUT2D eigenvalue weighted by atomic mass is 79.9. The maximum Gasteiger partial charge on any atom is 0.319 e. The molecule has 0 amide bonds. The lowest BCUT2D eigenvalue weighted by Crippen LogP contribution is -2.18. The summed E-state index contributed by atoms with van der Waals surface area (Å²) >= 11 is 10.1. The molecule has 0 aromatic heterocycles. The SMILES string of the molecule is COC(=O)C(Br)Cc1cc(Br)ccc1Br. The minimum atomic E-state index is -0.312. The molecule has 1 aromatic rings. The zero-order chi connectivity index (χ0) is 11.4. The molecule has 1 unspecified atom stereocenters. The standard InChI is InChI=1S/C10H9Br3O2/c1-15-10(14)9(13)5-6-4-7(11)2-3-8(6)12/h2-4,9H,5H2,1H3. The van der Waals surface area contributed by atoms with E-state index in [4.69, 9.17) is 0 Å². The summed E-state index contributed by atoms with van der Waals surface area (Å²) in [6.07, 6.45) is 0.590. The van der Waals surface area contributed by atoms with Crippen LogP contribution in [0.25, 0.3) is 0 Å². The van der Waals surface area contributed by atoms with Crippen LogP contribution in [0, 0.1) is 0 Å². The van der Waals surface area contributed by atoms with Crippen LogP contribution in [0.2, 0.25) is 0 Å². The fourth-order valence-electron chi connectivity index (χ4n) is 1.10. The number of alkyl halides is 1. The topological polar surface area (TPSA) is 26.3 Å². The predicted octanol–water partition coefficient (Wildman–Crippen LogP) is 3.69. The molecule has 82 valence electrons. The monoisotopic (exact) mass is 398 g/mol. The van der Waals surface area contributed by atoms with Crippen LogP contribution >= 0.6 is 47.8 Å². The number of carbonyl (C=O) groups excluding carboxylic acids is 1. The van der Waals surface area contributed by atoms with E-state index in [0.717, 1.165) is 14.5 Å². The molecule has 0 fully saturated rings. The van der Waals surface area contributed by atoms with E-state index in [0.29, 0.717) is 6.42 Å². The minimum Gasteiger partial charge on any atom is -0.468 e. The van der Waals surface area contributed by atoms with E-state index < -0.39 is 0 Å². The molecule has 0 N–H and O–H groups in total. The quantitative estimate of drug-likeness (QED) is 0.571. The number of hydrogen-bond acceptors (Lipinski definition) is 2. The highest BCUT2D eigenvalue weighted by molar-refractivity contribution is 9.11. The van der Waals surface area contributed by atoms with Gasteiger partial charge in [0, 0.05) is 8.95 Å². The Bertz CT molecular complexity index is 366. The highest BCUT2D eigenvalue weighted by Gasteiger charge is 2.17. The molecule has 15 heavy (non-hydrogen) atoms. The van der Waals surface area contributed by atoms with Crippen LogP contribution in [-0.2, 0) is 16.0 Å². The molecule has 0 aliphatic heterocycles. The molecule has 0 spiro atoms. The summed E-state index contributed by atoms with van der Waals surface area (Å²) in [5.74, 6) is -0.262. The number of hydrogen-bond donors (Lipinski definition) is 0. The van der Waals surface area contributed by atoms with Gasteiger partial charge in [-0.05, 0) is 30.2 Å². The number of benzene rings is 1. The molecule has 0 saturated carbocycles. The summed E-state index contributed by atoms with van der Waals surface area (Å²) in [4.78, 5) is 10.9. The first-order chi connectivity index (χ1) is 7.04. The number of esters is 1. The second-order valence-corrected chi connectivity index (χ2v) is 5.81. The fourth-order valence-corrected chi connectivity index (χ4v) is 2.46. The number of methoxy groups -OCH3 is 1. The van der Waals surface area contributed by atoms with Gasteiger partial charge < -0.3 is 4.74 Å². The Morgan fingerprint density at radius 3 is 2.73 bits per heavy atom. The van der Waals surface area contributed by atoms with Gasteiger partial charge in [-0.25, -0.2) is 0 Å². The normalized spacial score (nSPS) is 12.3. The number of carbonyl (C=O) groups is 1. The van der Waals surface area contributed by atoms with E-state index in [9.17, 15) is 4.79 Å². The third-order valence-corrected chi connectivity index (χ3v) is 3.83. The Labute approximate surface area is 114 Å². The molecule has 0 saturated heterocycles. The van der Waals surface area contributed by atoms with Crippen LogP contribution in [0.15, 0.2) is 27.1 Å². The Kier molecular flexibility index (Phi) is 5.29. The van der Waals surface area contributed by atoms with Gasteiger partial charge in [0.25, 0.3) is 0 Å². The van der Waals surface area contributed by atoms with Gasteiger partial charge in [-0.15, -0.1) is 0 Å². The van der Waals surface area contributed by atoms with Crippen LogP contribution in [0.4, 0.5) is 0 Å². The van der Waals surface area contributed by atoms with Crippen LogP contribution < -0.4 is 0 Å². The molecule has 0 radical (unpaired) electrons. The summed E-state index contributed by atoms with van der Waals surface area (Å²) in [7, 11) is 1.38. The van der Waals surface area contributed by atoms with Crippen molar-refractivity contribution in [2.24, 2.45) is 0 Å². The molecule has 5 heteroatoms. The highest BCUT2D eigenvalue weighted by Crippen LogP contribution is 2.24. The number of ether oxygens (including phenoxy) is 1. The summed E-state index contributed by atoms with van der Waals surface area (Å²) in [5, 5.41) is 0. The van der Waals surface area contributed by atoms with E-state index in [1.807, 2.05) is 18.2 Å². The zero-order valence-electron chi connectivity index (χ0n) is 7.97. The molecule has 0 aliphatic rings. The average molecular weight is 401 g/mol. The van der Waals surface area contributed by atoms with E-state index in [1.54, 1.807) is 0 Å². The minimum absolute atomic E-state index is 0.262. The second-order valence-electron chi connectivity index (χ2n) is 2.93. The van der Waals surface area contributed by atoms with Gasteiger partial charge in [-0.1, -0.05) is 47.8 Å². The van der Waals surface area contributed by atoms with E-state index in [-0.39, 0.29) is 10.8 Å². The molecule has 0 heterocycles. The Hall–Kier alpha value is 0.130. The lowest BCUT2D eigenvalue weighted by Gasteiger charge is -2.09. The van der Waals surface area contributed by atoms with Gasteiger partial charge in [-0.3, -0.25) is 4.79 Å². The third-order valence-electron chi connectivity index (χ3n) is 1.86. The molecule has 1 rings (SSSR count). The molecule has 0 bridgehead atoms. The fraction of sp³-hybridized carbons (Fsp3) is 0.300. The van der Waals surface area contributed by atoms with Gasteiger partial charge in [0.05, 0.1) is 7.11 Å². The van der Waals surface area contributed by atoms with Crippen LogP contribution in [0.5, 0.6) is 0 Å². The van der Waals surface area contributed by atoms with Gasteiger partial charge in [0.15, 0.2) is 0 Å². The average Bonchev–Trinajstić information content (AvgIpc) is 2.22. The summed E-state index contributed by atoms with van der Waals surface area (Å²) in [5.41, 5.74) is 1.05.